The Kier molecular flexibility index (Phi) is 6.66. The summed E-state index contributed by atoms with van der Waals surface area (Å²) in [6, 6.07) is 9.43. The van der Waals surface area contributed by atoms with Crippen molar-refractivity contribution in [2.24, 2.45) is 5.92 Å². The first-order valence-corrected chi connectivity index (χ1v) is 9.34. The van der Waals surface area contributed by atoms with Crippen molar-refractivity contribution in [3.05, 3.63) is 63.2 Å². The van der Waals surface area contributed by atoms with E-state index in [9.17, 15) is 14.9 Å². The van der Waals surface area contributed by atoms with Gasteiger partial charge in [-0.2, -0.15) is 0 Å². The molecule has 0 aliphatic carbocycles. The van der Waals surface area contributed by atoms with Crippen molar-refractivity contribution < 1.29 is 28.7 Å². The minimum Gasteiger partial charge on any atom is -0.494 e. The zero-order chi connectivity index (χ0) is 20.8. The zero-order valence-electron chi connectivity index (χ0n) is 16.4. The highest BCUT2D eigenvalue weighted by Crippen LogP contribution is 2.33. The lowest BCUT2D eigenvalue weighted by molar-refractivity contribution is -0.385. The fourth-order valence-corrected chi connectivity index (χ4v) is 2.82. The van der Waals surface area contributed by atoms with E-state index in [-0.39, 0.29) is 25.7 Å². The average molecular weight is 401 g/mol. The summed E-state index contributed by atoms with van der Waals surface area (Å²) < 4.78 is 21.6. The van der Waals surface area contributed by atoms with Crippen molar-refractivity contribution in [3.8, 4) is 11.5 Å². The number of non-ortho nitro benzene ring substituents is 1. The summed E-state index contributed by atoms with van der Waals surface area (Å²) in [6.45, 7) is 4.97. The monoisotopic (exact) mass is 401 g/mol. The highest BCUT2D eigenvalue weighted by Gasteiger charge is 2.22. The minimum absolute atomic E-state index is 0.0457. The van der Waals surface area contributed by atoms with Gasteiger partial charge in [0.15, 0.2) is 6.79 Å². The maximum Gasteiger partial charge on any atom is 0.338 e. The summed E-state index contributed by atoms with van der Waals surface area (Å²) in [6.07, 6.45) is 0.949. The van der Waals surface area contributed by atoms with Crippen molar-refractivity contribution in [2.75, 3.05) is 13.4 Å². The number of hydrogen-bond acceptors (Lipinski definition) is 7. The molecule has 0 saturated carbocycles. The van der Waals surface area contributed by atoms with E-state index in [2.05, 4.69) is 13.8 Å². The third kappa shape index (κ3) is 5.45. The van der Waals surface area contributed by atoms with Crippen LogP contribution in [0.3, 0.4) is 0 Å². The smallest absolute Gasteiger partial charge is 0.338 e. The van der Waals surface area contributed by atoms with Gasteiger partial charge in [-0.05, 0) is 36.6 Å². The Hall–Kier alpha value is -3.13. The Bertz CT molecular complexity index is 877. The van der Waals surface area contributed by atoms with E-state index in [1.54, 1.807) is 24.3 Å². The van der Waals surface area contributed by atoms with Crippen LogP contribution in [-0.4, -0.2) is 24.3 Å². The Morgan fingerprint density at radius 2 is 2.00 bits per heavy atom. The number of esters is 1. The van der Waals surface area contributed by atoms with E-state index in [4.69, 9.17) is 18.9 Å². The van der Waals surface area contributed by atoms with Gasteiger partial charge in [0.05, 0.1) is 23.7 Å². The topological polar surface area (TPSA) is 97.1 Å². The quantitative estimate of drug-likeness (QED) is 0.371. The molecule has 0 radical (unpaired) electrons. The molecule has 0 spiro atoms. The first-order chi connectivity index (χ1) is 13.9. The summed E-state index contributed by atoms with van der Waals surface area (Å²) in [5.74, 6) is 1.16. The number of carbonyl (C=O) groups is 1. The van der Waals surface area contributed by atoms with Gasteiger partial charge in [0.2, 0.25) is 0 Å². The number of nitro benzene ring substituents is 1. The Balaban J connectivity index is 1.64. The number of nitro groups is 1. The number of hydrogen-bond donors (Lipinski definition) is 0. The summed E-state index contributed by atoms with van der Waals surface area (Å²) in [4.78, 5) is 23.0. The average Bonchev–Trinajstić information content (AvgIpc) is 2.71. The zero-order valence-corrected chi connectivity index (χ0v) is 16.4. The summed E-state index contributed by atoms with van der Waals surface area (Å²) in [5.41, 5.74) is 1.25. The standard InChI is InChI=1S/C21H23NO7/c1-14(2)7-8-27-19-5-3-15(4-6-19)21(23)28-12-17-10-18(22(24)25)9-16-11-26-13-29-20(16)17/h3-6,9-10,14H,7-8,11-13H2,1-2H3. The van der Waals surface area contributed by atoms with Gasteiger partial charge in [0.25, 0.3) is 5.69 Å². The second-order valence-corrected chi connectivity index (χ2v) is 7.09. The molecular formula is C21H23NO7. The highest BCUT2D eigenvalue weighted by molar-refractivity contribution is 5.89. The van der Waals surface area contributed by atoms with E-state index in [0.29, 0.717) is 40.7 Å². The highest BCUT2D eigenvalue weighted by atomic mass is 16.7. The number of ether oxygens (including phenoxy) is 4. The van der Waals surface area contributed by atoms with E-state index in [0.717, 1.165) is 6.42 Å². The molecule has 8 heteroatoms. The van der Waals surface area contributed by atoms with E-state index in [1.807, 2.05) is 0 Å². The van der Waals surface area contributed by atoms with Gasteiger partial charge < -0.3 is 18.9 Å². The molecule has 8 nitrogen and oxygen atoms in total. The van der Waals surface area contributed by atoms with Gasteiger partial charge in [0.1, 0.15) is 18.1 Å². The number of nitrogens with zero attached hydrogens (tertiary/aromatic N) is 1. The normalized spacial score (nSPS) is 12.8. The lowest BCUT2D eigenvalue weighted by Crippen LogP contribution is -2.15. The predicted octanol–water partition coefficient (Wildman–Crippen LogP) is 4.24. The Labute approximate surface area is 168 Å². The van der Waals surface area contributed by atoms with Crippen molar-refractivity contribution >= 4 is 11.7 Å². The molecule has 0 fully saturated rings. The molecule has 0 N–H and O–H groups in total. The molecule has 1 aliphatic heterocycles. The number of benzene rings is 2. The lowest BCUT2D eigenvalue weighted by Gasteiger charge is -2.20. The molecule has 0 amide bonds. The van der Waals surface area contributed by atoms with Crippen LogP contribution >= 0.6 is 0 Å². The molecule has 1 heterocycles. The van der Waals surface area contributed by atoms with Gasteiger partial charge in [0, 0.05) is 23.3 Å². The largest absolute Gasteiger partial charge is 0.494 e. The van der Waals surface area contributed by atoms with Gasteiger partial charge in [-0.1, -0.05) is 13.8 Å². The predicted molar refractivity (Wildman–Crippen MR) is 104 cm³/mol. The second kappa shape index (κ2) is 9.38. The molecule has 2 aromatic rings. The maximum absolute atomic E-state index is 12.4. The van der Waals surface area contributed by atoms with E-state index < -0.39 is 10.9 Å². The number of fused-ring (bicyclic) bond motifs is 1. The molecule has 0 aromatic heterocycles. The third-order valence-corrected chi connectivity index (χ3v) is 4.40. The first kappa shape index (κ1) is 20.6. The van der Waals surface area contributed by atoms with Crippen LogP contribution in [0.15, 0.2) is 36.4 Å². The van der Waals surface area contributed by atoms with Crippen LogP contribution in [0.4, 0.5) is 5.69 Å². The van der Waals surface area contributed by atoms with Gasteiger partial charge in [-0.3, -0.25) is 10.1 Å². The summed E-state index contributed by atoms with van der Waals surface area (Å²) >= 11 is 0. The molecule has 1 aliphatic rings. The van der Waals surface area contributed by atoms with Gasteiger partial charge in [-0.15, -0.1) is 0 Å². The molecular weight excluding hydrogens is 378 g/mol. The molecule has 0 saturated heterocycles. The maximum atomic E-state index is 12.4. The van der Waals surface area contributed by atoms with Crippen LogP contribution < -0.4 is 9.47 Å². The summed E-state index contributed by atoms with van der Waals surface area (Å²) in [5, 5.41) is 11.1. The van der Waals surface area contributed by atoms with E-state index >= 15 is 0 Å². The Morgan fingerprint density at radius 1 is 1.24 bits per heavy atom. The molecule has 0 unspecified atom stereocenters. The van der Waals surface area contributed by atoms with Crippen LogP contribution in [0.2, 0.25) is 0 Å². The van der Waals surface area contributed by atoms with E-state index in [1.165, 1.54) is 12.1 Å². The van der Waals surface area contributed by atoms with Gasteiger partial charge in [-0.25, -0.2) is 4.79 Å². The minimum atomic E-state index is -0.536. The molecule has 3 rings (SSSR count). The molecule has 154 valence electrons. The summed E-state index contributed by atoms with van der Waals surface area (Å²) in [7, 11) is 0. The van der Waals surface area contributed by atoms with Crippen molar-refractivity contribution in [3.63, 3.8) is 0 Å². The van der Waals surface area contributed by atoms with Crippen LogP contribution in [0.25, 0.3) is 0 Å². The fraction of sp³-hybridized carbons (Fsp3) is 0.381. The fourth-order valence-electron chi connectivity index (χ4n) is 2.82. The third-order valence-electron chi connectivity index (χ3n) is 4.40. The SMILES string of the molecule is CC(C)CCOc1ccc(C(=O)OCc2cc([N+](=O)[O-])cc3c2OCOC3)cc1. The first-order valence-electron chi connectivity index (χ1n) is 9.34. The molecule has 0 atom stereocenters. The Morgan fingerprint density at radius 3 is 2.69 bits per heavy atom. The van der Waals surface area contributed by atoms with Crippen LogP contribution in [-0.2, 0) is 22.7 Å². The molecule has 0 bridgehead atoms. The van der Waals surface area contributed by atoms with Crippen LogP contribution in [0, 0.1) is 16.0 Å². The van der Waals surface area contributed by atoms with Crippen LogP contribution in [0.1, 0.15) is 41.8 Å². The van der Waals surface area contributed by atoms with Crippen molar-refractivity contribution in [1.82, 2.24) is 0 Å². The lowest BCUT2D eigenvalue weighted by atomic mass is 10.1. The van der Waals surface area contributed by atoms with Crippen molar-refractivity contribution in [1.29, 1.82) is 0 Å². The molecule has 29 heavy (non-hydrogen) atoms. The number of carbonyl (C=O) groups excluding carboxylic acids is 1. The van der Waals surface area contributed by atoms with Crippen LogP contribution in [0.5, 0.6) is 11.5 Å². The second-order valence-electron chi connectivity index (χ2n) is 7.09. The molecule has 2 aromatic carbocycles. The van der Waals surface area contributed by atoms with Crippen molar-refractivity contribution in [2.45, 2.75) is 33.5 Å². The van der Waals surface area contributed by atoms with Gasteiger partial charge >= 0.3 is 5.97 Å². The number of rotatable bonds is 8.